The van der Waals surface area contributed by atoms with Gasteiger partial charge in [-0.15, -0.1) is 11.3 Å². The lowest BCUT2D eigenvalue weighted by Gasteiger charge is -2.35. The van der Waals surface area contributed by atoms with E-state index >= 15 is 0 Å². The molecule has 2 amide bonds. The number of likely N-dealkylation sites (N-methyl/N-ethyl adjacent to an activating group) is 1. The molecule has 0 bridgehead atoms. The lowest BCUT2D eigenvalue weighted by atomic mass is 10.3. The average molecular weight is 405 g/mol. The minimum atomic E-state index is -0.342. The molecule has 1 aliphatic heterocycles. The van der Waals surface area contributed by atoms with E-state index in [4.69, 9.17) is 4.74 Å². The number of amides is 2. The minimum absolute atomic E-state index is 0.0753. The highest BCUT2D eigenvalue weighted by Crippen LogP contribution is 2.13. The highest BCUT2D eigenvalue weighted by Gasteiger charge is 2.23. The molecule has 2 aromatic rings. The van der Waals surface area contributed by atoms with Crippen molar-refractivity contribution in [2.24, 2.45) is 0 Å². The van der Waals surface area contributed by atoms with Crippen LogP contribution in [0.5, 0.6) is 5.75 Å². The maximum Gasteiger partial charge on any atom is 0.260 e. The van der Waals surface area contributed by atoms with Crippen LogP contribution in [0, 0.1) is 5.82 Å². The Kier molecular flexibility index (Phi) is 7.00. The predicted octanol–water partition coefficient (Wildman–Crippen LogP) is 2.07. The van der Waals surface area contributed by atoms with Crippen LogP contribution in [0.1, 0.15) is 4.88 Å². The summed E-state index contributed by atoms with van der Waals surface area (Å²) in [6.07, 6.45) is 0. The molecule has 1 fully saturated rings. The van der Waals surface area contributed by atoms with Crippen LogP contribution in [-0.4, -0.2) is 72.9 Å². The first-order valence-electron chi connectivity index (χ1n) is 9.16. The molecule has 3 rings (SSSR count). The third kappa shape index (κ3) is 5.77. The summed E-state index contributed by atoms with van der Waals surface area (Å²) in [6, 6.07) is 9.59. The number of ether oxygens (including phenoxy) is 1. The van der Waals surface area contributed by atoms with Crippen molar-refractivity contribution in [2.45, 2.75) is 6.54 Å². The molecule has 6 nitrogen and oxygen atoms in total. The van der Waals surface area contributed by atoms with Gasteiger partial charge in [0.25, 0.3) is 5.91 Å². The van der Waals surface area contributed by atoms with Crippen LogP contribution in [0.25, 0.3) is 0 Å². The van der Waals surface area contributed by atoms with Crippen molar-refractivity contribution in [3.8, 4) is 5.75 Å². The van der Waals surface area contributed by atoms with Crippen LogP contribution in [0.2, 0.25) is 0 Å². The minimum Gasteiger partial charge on any atom is -0.484 e. The SMILES string of the molecule is CN(Cc1cccs1)C(=O)CN1CCN(C(=O)COc2ccc(F)cc2)CC1. The van der Waals surface area contributed by atoms with Crippen molar-refractivity contribution in [2.75, 3.05) is 46.4 Å². The second-order valence-electron chi connectivity index (χ2n) is 6.73. The maximum atomic E-state index is 12.9. The third-order valence-corrected chi connectivity index (χ3v) is 5.52. The molecule has 0 radical (unpaired) electrons. The summed E-state index contributed by atoms with van der Waals surface area (Å²) >= 11 is 1.64. The van der Waals surface area contributed by atoms with Gasteiger partial charge in [0.1, 0.15) is 11.6 Å². The van der Waals surface area contributed by atoms with Gasteiger partial charge in [0.15, 0.2) is 6.61 Å². The molecule has 0 unspecified atom stereocenters. The van der Waals surface area contributed by atoms with Crippen LogP contribution in [0.3, 0.4) is 0 Å². The first-order chi connectivity index (χ1) is 13.5. The molecule has 1 saturated heterocycles. The van der Waals surface area contributed by atoms with Gasteiger partial charge in [-0.2, -0.15) is 0 Å². The number of carbonyl (C=O) groups excluding carboxylic acids is 2. The Morgan fingerprint density at radius 1 is 1.14 bits per heavy atom. The summed E-state index contributed by atoms with van der Waals surface area (Å²) in [6.45, 7) is 3.34. The van der Waals surface area contributed by atoms with E-state index in [9.17, 15) is 14.0 Å². The molecule has 8 heteroatoms. The number of halogens is 1. The smallest absolute Gasteiger partial charge is 0.260 e. The quantitative estimate of drug-likeness (QED) is 0.708. The zero-order valence-electron chi connectivity index (χ0n) is 15.8. The summed E-state index contributed by atoms with van der Waals surface area (Å²) < 4.78 is 18.3. The number of thiophene rings is 1. The first kappa shape index (κ1) is 20.3. The molecule has 0 N–H and O–H groups in total. The Hall–Kier alpha value is -2.45. The monoisotopic (exact) mass is 405 g/mol. The number of hydrogen-bond acceptors (Lipinski definition) is 5. The van der Waals surface area contributed by atoms with Crippen LogP contribution >= 0.6 is 11.3 Å². The molecule has 0 aliphatic carbocycles. The third-order valence-electron chi connectivity index (χ3n) is 4.66. The van der Waals surface area contributed by atoms with Crippen molar-refractivity contribution in [1.82, 2.24) is 14.7 Å². The van der Waals surface area contributed by atoms with E-state index in [1.807, 2.05) is 24.6 Å². The van der Waals surface area contributed by atoms with Crippen LogP contribution in [-0.2, 0) is 16.1 Å². The molecular weight excluding hydrogens is 381 g/mol. The van der Waals surface area contributed by atoms with Crippen molar-refractivity contribution in [3.63, 3.8) is 0 Å². The number of piperazine rings is 1. The predicted molar refractivity (Wildman–Crippen MR) is 106 cm³/mol. The summed E-state index contributed by atoms with van der Waals surface area (Å²) in [5.74, 6) is 0.0936. The molecule has 2 heterocycles. The van der Waals surface area contributed by atoms with Crippen LogP contribution in [0.4, 0.5) is 4.39 Å². The van der Waals surface area contributed by atoms with Gasteiger partial charge >= 0.3 is 0 Å². The van der Waals surface area contributed by atoms with Crippen LogP contribution < -0.4 is 4.74 Å². The standard InChI is InChI=1S/C20H24FN3O3S/c1-22(13-18-3-2-12-28-18)19(25)14-23-8-10-24(11-9-23)20(26)15-27-17-6-4-16(21)5-7-17/h2-7,12H,8-11,13-15H2,1H3. The molecule has 0 saturated carbocycles. The average Bonchev–Trinajstić information content (AvgIpc) is 3.21. The lowest BCUT2D eigenvalue weighted by Crippen LogP contribution is -2.52. The van der Waals surface area contributed by atoms with E-state index in [0.717, 1.165) is 4.88 Å². The second-order valence-corrected chi connectivity index (χ2v) is 7.76. The van der Waals surface area contributed by atoms with Gasteiger partial charge in [-0.3, -0.25) is 14.5 Å². The Morgan fingerprint density at radius 3 is 2.50 bits per heavy atom. The van der Waals surface area contributed by atoms with Crippen molar-refractivity contribution in [1.29, 1.82) is 0 Å². The fourth-order valence-corrected chi connectivity index (χ4v) is 3.72. The normalized spacial score (nSPS) is 14.7. The second kappa shape index (κ2) is 9.66. The number of benzene rings is 1. The van der Waals surface area contributed by atoms with Gasteiger partial charge in [0.05, 0.1) is 13.1 Å². The van der Waals surface area contributed by atoms with Crippen LogP contribution in [0.15, 0.2) is 41.8 Å². The summed E-state index contributed by atoms with van der Waals surface area (Å²) in [5, 5.41) is 2.00. The van der Waals surface area contributed by atoms with E-state index in [2.05, 4.69) is 4.90 Å². The Balaban J connectivity index is 1.38. The van der Waals surface area contributed by atoms with E-state index in [-0.39, 0.29) is 24.2 Å². The fraction of sp³-hybridized carbons (Fsp3) is 0.400. The molecule has 1 aliphatic rings. The molecule has 1 aromatic carbocycles. The van der Waals surface area contributed by atoms with E-state index in [1.54, 1.807) is 21.1 Å². The van der Waals surface area contributed by atoms with Crippen molar-refractivity contribution < 1.29 is 18.7 Å². The van der Waals surface area contributed by atoms with Crippen molar-refractivity contribution in [3.05, 3.63) is 52.5 Å². The van der Waals surface area contributed by atoms with Gasteiger partial charge in [-0.05, 0) is 35.7 Å². The zero-order valence-corrected chi connectivity index (χ0v) is 16.7. The number of nitrogens with zero attached hydrogens (tertiary/aromatic N) is 3. The van der Waals surface area contributed by atoms with Crippen molar-refractivity contribution >= 4 is 23.2 Å². The van der Waals surface area contributed by atoms with Gasteiger partial charge in [-0.1, -0.05) is 6.07 Å². The summed E-state index contributed by atoms with van der Waals surface area (Å²) in [4.78, 5) is 31.4. The summed E-state index contributed by atoms with van der Waals surface area (Å²) in [7, 11) is 1.81. The van der Waals surface area contributed by atoms with Gasteiger partial charge < -0.3 is 14.5 Å². The molecule has 28 heavy (non-hydrogen) atoms. The molecular formula is C20H24FN3O3S. The van der Waals surface area contributed by atoms with Gasteiger partial charge in [0, 0.05) is 38.1 Å². The molecule has 0 spiro atoms. The highest BCUT2D eigenvalue weighted by atomic mass is 32.1. The highest BCUT2D eigenvalue weighted by molar-refractivity contribution is 7.09. The van der Waals surface area contributed by atoms with E-state index < -0.39 is 0 Å². The van der Waals surface area contributed by atoms with E-state index in [1.165, 1.54) is 24.3 Å². The Morgan fingerprint density at radius 2 is 1.86 bits per heavy atom. The summed E-state index contributed by atoms with van der Waals surface area (Å²) in [5.41, 5.74) is 0. The largest absolute Gasteiger partial charge is 0.484 e. The Labute approximate surface area is 168 Å². The number of carbonyl (C=O) groups is 2. The van der Waals surface area contributed by atoms with E-state index in [0.29, 0.717) is 45.0 Å². The van der Waals surface area contributed by atoms with Gasteiger partial charge in [-0.25, -0.2) is 4.39 Å². The maximum absolute atomic E-state index is 12.9. The topological polar surface area (TPSA) is 53.1 Å². The number of rotatable bonds is 7. The Bertz CT molecular complexity index is 775. The molecule has 0 atom stereocenters. The zero-order chi connectivity index (χ0) is 19.9. The molecule has 150 valence electrons. The number of hydrogen-bond donors (Lipinski definition) is 0. The fourth-order valence-electron chi connectivity index (χ4n) is 2.96. The lowest BCUT2D eigenvalue weighted by molar-refractivity contribution is -0.136. The first-order valence-corrected chi connectivity index (χ1v) is 10.0. The molecule has 1 aromatic heterocycles. The van der Waals surface area contributed by atoms with Gasteiger partial charge in [0.2, 0.25) is 5.91 Å².